The van der Waals surface area contributed by atoms with Gasteiger partial charge in [0, 0.05) is 39.3 Å². The Kier molecular flexibility index (Phi) is 6.53. The number of benzene rings is 1. The lowest BCUT2D eigenvalue weighted by Crippen LogP contribution is -2.50. The van der Waals surface area contributed by atoms with Crippen molar-refractivity contribution in [2.45, 2.75) is 6.61 Å². The first kappa shape index (κ1) is 19.6. The molecule has 8 nitrogen and oxygen atoms in total. The van der Waals surface area contributed by atoms with Crippen LogP contribution in [0, 0.1) is 0 Å². The lowest BCUT2D eigenvalue weighted by molar-refractivity contribution is -0.136. The zero-order chi connectivity index (χ0) is 19.9. The molecule has 1 aromatic heterocycles. The Morgan fingerprint density at radius 3 is 2.10 bits per heavy atom. The van der Waals surface area contributed by atoms with Gasteiger partial charge in [0.05, 0.1) is 19.8 Å². The van der Waals surface area contributed by atoms with Crippen LogP contribution < -0.4 is 9.80 Å². The number of piperazine rings is 1. The van der Waals surface area contributed by atoms with E-state index in [1.165, 1.54) is 0 Å². The second-order valence-corrected chi connectivity index (χ2v) is 7.20. The summed E-state index contributed by atoms with van der Waals surface area (Å²) >= 11 is 0. The first-order valence-corrected chi connectivity index (χ1v) is 10.1. The van der Waals surface area contributed by atoms with Crippen molar-refractivity contribution in [2.24, 2.45) is 0 Å². The van der Waals surface area contributed by atoms with E-state index in [1.807, 2.05) is 47.4 Å². The Bertz CT molecular complexity index is 773. The van der Waals surface area contributed by atoms with E-state index in [0.29, 0.717) is 19.7 Å². The molecule has 1 aromatic carbocycles. The van der Waals surface area contributed by atoms with Gasteiger partial charge in [0.1, 0.15) is 6.61 Å². The molecular weight excluding hydrogens is 370 g/mol. The number of nitrogens with zero attached hydrogens (tertiary/aromatic N) is 5. The van der Waals surface area contributed by atoms with Gasteiger partial charge in [0.2, 0.25) is 5.91 Å². The second kappa shape index (κ2) is 9.67. The van der Waals surface area contributed by atoms with Gasteiger partial charge in [-0.3, -0.25) is 4.79 Å². The summed E-state index contributed by atoms with van der Waals surface area (Å²) < 4.78 is 11.0. The Labute approximate surface area is 171 Å². The average molecular weight is 397 g/mol. The third-order valence-electron chi connectivity index (χ3n) is 5.26. The average Bonchev–Trinajstić information content (AvgIpc) is 2.80. The molecule has 154 valence electrons. The molecule has 3 heterocycles. The van der Waals surface area contributed by atoms with Gasteiger partial charge in [-0.2, -0.15) is 0 Å². The summed E-state index contributed by atoms with van der Waals surface area (Å²) in [4.78, 5) is 18.6. The van der Waals surface area contributed by atoms with Crippen LogP contribution in [0.4, 0.5) is 11.6 Å². The lowest BCUT2D eigenvalue weighted by Gasteiger charge is -2.35. The molecule has 0 unspecified atom stereocenters. The van der Waals surface area contributed by atoms with E-state index < -0.39 is 0 Å². The van der Waals surface area contributed by atoms with E-state index in [0.717, 1.165) is 56.6 Å². The van der Waals surface area contributed by atoms with Gasteiger partial charge in [-0.1, -0.05) is 30.3 Å². The van der Waals surface area contributed by atoms with E-state index in [-0.39, 0.29) is 12.5 Å². The fourth-order valence-electron chi connectivity index (χ4n) is 3.55. The van der Waals surface area contributed by atoms with Crippen molar-refractivity contribution in [1.82, 2.24) is 15.1 Å². The maximum absolute atomic E-state index is 12.4. The minimum absolute atomic E-state index is 0.0364. The molecular formula is C21H27N5O3. The minimum Gasteiger partial charge on any atom is -0.378 e. The number of amides is 1. The van der Waals surface area contributed by atoms with Crippen molar-refractivity contribution in [2.75, 3.05) is 68.9 Å². The van der Waals surface area contributed by atoms with Crippen molar-refractivity contribution in [3.8, 4) is 0 Å². The van der Waals surface area contributed by atoms with Gasteiger partial charge >= 0.3 is 0 Å². The van der Waals surface area contributed by atoms with Gasteiger partial charge in [0.25, 0.3) is 0 Å². The highest BCUT2D eigenvalue weighted by Gasteiger charge is 2.22. The highest BCUT2D eigenvalue weighted by molar-refractivity contribution is 5.77. The monoisotopic (exact) mass is 397 g/mol. The summed E-state index contributed by atoms with van der Waals surface area (Å²) in [7, 11) is 0. The Balaban J connectivity index is 1.22. The minimum atomic E-state index is 0.0364. The Hall–Kier alpha value is -2.71. The number of carbonyl (C=O) groups excluding carboxylic acids is 1. The van der Waals surface area contributed by atoms with Crippen molar-refractivity contribution in [3.05, 3.63) is 48.0 Å². The smallest absolute Gasteiger partial charge is 0.248 e. The predicted octanol–water partition coefficient (Wildman–Crippen LogP) is 1.18. The maximum atomic E-state index is 12.4. The first-order valence-electron chi connectivity index (χ1n) is 10.1. The third-order valence-corrected chi connectivity index (χ3v) is 5.26. The molecule has 0 radical (unpaired) electrons. The molecule has 0 atom stereocenters. The van der Waals surface area contributed by atoms with Crippen LogP contribution in [0.5, 0.6) is 0 Å². The summed E-state index contributed by atoms with van der Waals surface area (Å²) in [6.45, 7) is 6.55. The van der Waals surface area contributed by atoms with Gasteiger partial charge in [0.15, 0.2) is 11.6 Å². The number of anilines is 2. The first-order chi connectivity index (χ1) is 14.3. The van der Waals surface area contributed by atoms with Crippen molar-refractivity contribution >= 4 is 17.5 Å². The largest absolute Gasteiger partial charge is 0.378 e. The molecule has 1 amide bonds. The molecule has 2 aromatic rings. The van der Waals surface area contributed by atoms with E-state index in [9.17, 15) is 4.79 Å². The number of ether oxygens (including phenoxy) is 2. The van der Waals surface area contributed by atoms with Crippen LogP contribution in [0.3, 0.4) is 0 Å². The van der Waals surface area contributed by atoms with Crippen LogP contribution in [0.15, 0.2) is 42.5 Å². The molecule has 0 saturated carbocycles. The summed E-state index contributed by atoms with van der Waals surface area (Å²) in [5, 5.41) is 8.78. The van der Waals surface area contributed by atoms with Crippen molar-refractivity contribution in [1.29, 1.82) is 0 Å². The molecule has 2 fully saturated rings. The molecule has 2 aliphatic heterocycles. The standard InChI is InChI=1S/C21H27N5O3/c27-21(17-29-16-18-4-2-1-3-5-18)26-10-8-24(9-11-26)19-6-7-20(23-22-19)25-12-14-28-15-13-25/h1-7H,8-17H2. The zero-order valence-corrected chi connectivity index (χ0v) is 16.6. The quantitative estimate of drug-likeness (QED) is 0.725. The summed E-state index contributed by atoms with van der Waals surface area (Å²) in [6, 6.07) is 13.9. The van der Waals surface area contributed by atoms with Crippen LogP contribution in [-0.4, -0.2) is 80.1 Å². The van der Waals surface area contributed by atoms with Crippen LogP contribution >= 0.6 is 0 Å². The van der Waals surface area contributed by atoms with Gasteiger partial charge in [-0.05, 0) is 17.7 Å². The Morgan fingerprint density at radius 2 is 1.48 bits per heavy atom. The predicted molar refractivity (Wildman–Crippen MR) is 110 cm³/mol. The maximum Gasteiger partial charge on any atom is 0.248 e. The molecule has 0 aliphatic carbocycles. The van der Waals surface area contributed by atoms with Crippen LogP contribution in [0.25, 0.3) is 0 Å². The molecule has 4 rings (SSSR count). The topological polar surface area (TPSA) is 71.0 Å². The summed E-state index contributed by atoms with van der Waals surface area (Å²) in [5.41, 5.74) is 1.07. The zero-order valence-electron chi connectivity index (χ0n) is 16.6. The molecule has 2 aliphatic rings. The van der Waals surface area contributed by atoms with Crippen LogP contribution in [0.2, 0.25) is 0 Å². The lowest BCUT2D eigenvalue weighted by atomic mass is 10.2. The highest BCUT2D eigenvalue weighted by atomic mass is 16.5. The number of hydrogen-bond donors (Lipinski definition) is 0. The van der Waals surface area contributed by atoms with E-state index in [1.54, 1.807) is 0 Å². The number of aromatic nitrogens is 2. The fraction of sp³-hybridized carbons (Fsp3) is 0.476. The van der Waals surface area contributed by atoms with E-state index in [2.05, 4.69) is 20.0 Å². The SMILES string of the molecule is O=C(COCc1ccccc1)N1CCN(c2ccc(N3CCOCC3)nn2)CC1. The number of carbonyl (C=O) groups is 1. The number of rotatable bonds is 6. The van der Waals surface area contributed by atoms with E-state index >= 15 is 0 Å². The molecule has 29 heavy (non-hydrogen) atoms. The molecule has 0 bridgehead atoms. The normalized spacial score (nSPS) is 17.4. The Morgan fingerprint density at radius 1 is 0.862 bits per heavy atom. The summed E-state index contributed by atoms with van der Waals surface area (Å²) in [5.74, 6) is 1.78. The van der Waals surface area contributed by atoms with Gasteiger partial charge in [-0.15, -0.1) is 10.2 Å². The van der Waals surface area contributed by atoms with Crippen LogP contribution in [-0.2, 0) is 20.9 Å². The van der Waals surface area contributed by atoms with Gasteiger partial charge < -0.3 is 24.2 Å². The van der Waals surface area contributed by atoms with Crippen molar-refractivity contribution in [3.63, 3.8) is 0 Å². The second-order valence-electron chi connectivity index (χ2n) is 7.20. The molecule has 0 N–H and O–H groups in total. The number of hydrogen-bond acceptors (Lipinski definition) is 7. The van der Waals surface area contributed by atoms with Gasteiger partial charge in [-0.25, -0.2) is 0 Å². The fourth-order valence-corrected chi connectivity index (χ4v) is 3.55. The third kappa shape index (κ3) is 5.21. The molecule has 8 heteroatoms. The van der Waals surface area contributed by atoms with Crippen LogP contribution in [0.1, 0.15) is 5.56 Å². The van der Waals surface area contributed by atoms with Crippen molar-refractivity contribution < 1.29 is 14.3 Å². The highest BCUT2D eigenvalue weighted by Crippen LogP contribution is 2.17. The summed E-state index contributed by atoms with van der Waals surface area (Å²) in [6.07, 6.45) is 0. The number of morpholine rings is 1. The molecule has 0 spiro atoms. The van der Waals surface area contributed by atoms with E-state index in [4.69, 9.17) is 9.47 Å². The molecule has 2 saturated heterocycles.